The van der Waals surface area contributed by atoms with E-state index in [9.17, 15) is 9.59 Å². The number of aliphatic imine (C=N–C) groups is 2. The summed E-state index contributed by atoms with van der Waals surface area (Å²) in [6.45, 7) is 5.69. The van der Waals surface area contributed by atoms with Gasteiger partial charge in [-0.1, -0.05) is 6.08 Å². The molecule has 4 nitrogen and oxygen atoms in total. The second-order valence-corrected chi connectivity index (χ2v) is 1.35. The fraction of sp³-hybridized carbons (Fsp3) is 0.429. The Hall–Kier alpha value is -1.50. The molecule has 0 saturated carbocycles. The predicted octanol–water partition coefficient (Wildman–Crippen LogP) is 0.850. The lowest BCUT2D eigenvalue weighted by Gasteiger charge is -1.74. The van der Waals surface area contributed by atoms with E-state index < -0.39 is 0 Å². The van der Waals surface area contributed by atoms with Crippen LogP contribution < -0.4 is 0 Å². The summed E-state index contributed by atoms with van der Waals surface area (Å²) in [5, 5.41) is 0. The molecule has 0 aromatic heterocycles. The van der Waals surface area contributed by atoms with E-state index in [1.807, 2.05) is 6.92 Å². The van der Waals surface area contributed by atoms with E-state index in [0.717, 1.165) is 0 Å². The molecular weight excluding hydrogens is 144 g/mol. The van der Waals surface area contributed by atoms with Crippen molar-refractivity contribution in [2.75, 3.05) is 13.1 Å². The molecular formula is C7H10N2O2. The minimum atomic E-state index is 0.221. The number of isocyanates is 2. The van der Waals surface area contributed by atoms with E-state index >= 15 is 0 Å². The molecule has 0 radical (unpaired) electrons. The summed E-state index contributed by atoms with van der Waals surface area (Å²) in [6, 6.07) is 0. The summed E-state index contributed by atoms with van der Waals surface area (Å²) >= 11 is 0. The van der Waals surface area contributed by atoms with E-state index in [0.29, 0.717) is 0 Å². The number of hydrogen-bond acceptors (Lipinski definition) is 4. The molecule has 0 aromatic rings. The molecule has 0 rings (SSSR count). The summed E-state index contributed by atoms with van der Waals surface area (Å²) in [6.07, 6.45) is 4.37. The third-order valence-corrected chi connectivity index (χ3v) is 0.453. The van der Waals surface area contributed by atoms with Crippen molar-refractivity contribution < 1.29 is 9.59 Å². The second kappa shape index (κ2) is 15.8. The Morgan fingerprint density at radius 3 is 1.73 bits per heavy atom. The zero-order chi connectivity index (χ0) is 8.95. The molecule has 0 fully saturated rings. The van der Waals surface area contributed by atoms with Crippen molar-refractivity contribution in [2.45, 2.75) is 6.92 Å². The van der Waals surface area contributed by atoms with E-state index in [-0.39, 0.29) is 13.1 Å². The van der Waals surface area contributed by atoms with E-state index in [4.69, 9.17) is 0 Å². The molecule has 0 atom stereocenters. The van der Waals surface area contributed by atoms with Crippen molar-refractivity contribution in [2.24, 2.45) is 9.98 Å². The van der Waals surface area contributed by atoms with Gasteiger partial charge in [0.15, 0.2) is 0 Å². The van der Waals surface area contributed by atoms with Crippen LogP contribution >= 0.6 is 0 Å². The first kappa shape index (κ1) is 12.2. The van der Waals surface area contributed by atoms with Gasteiger partial charge in [0.2, 0.25) is 12.2 Å². The molecule has 0 aliphatic heterocycles. The van der Waals surface area contributed by atoms with Crippen LogP contribution in [0.25, 0.3) is 0 Å². The molecule has 0 bridgehead atoms. The van der Waals surface area contributed by atoms with Crippen molar-refractivity contribution in [3.05, 3.63) is 12.7 Å². The molecule has 0 unspecified atom stereocenters. The third kappa shape index (κ3) is 29.3. The summed E-state index contributed by atoms with van der Waals surface area (Å²) in [4.78, 5) is 24.9. The Kier molecular flexibility index (Phi) is 17.5. The number of rotatable bonds is 3. The lowest BCUT2D eigenvalue weighted by Crippen LogP contribution is -1.82. The fourth-order valence-corrected chi connectivity index (χ4v) is 0.191. The molecule has 0 aliphatic carbocycles. The SMILES string of the molecule is C=CC.O=C=NCCN=C=O. The lowest BCUT2D eigenvalue weighted by atomic mass is 10.7. The minimum Gasteiger partial charge on any atom is -0.211 e. The Labute approximate surface area is 65.4 Å². The first-order chi connectivity index (χ1) is 5.33. The van der Waals surface area contributed by atoms with Gasteiger partial charge in [-0.25, -0.2) is 19.6 Å². The van der Waals surface area contributed by atoms with Crippen molar-refractivity contribution in [3.8, 4) is 0 Å². The first-order valence-electron chi connectivity index (χ1n) is 2.97. The summed E-state index contributed by atoms with van der Waals surface area (Å²) in [7, 11) is 0. The zero-order valence-electron chi connectivity index (χ0n) is 6.41. The third-order valence-electron chi connectivity index (χ3n) is 0.453. The molecule has 0 aliphatic rings. The highest BCUT2D eigenvalue weighted by atomic mass is 16.1. The standard InChI is InChI=1S/C4H4N2O2.C3H6/c7-3-5-1-2-6-4-8;1-3-2/h1-2H2;3H,1H2,2H3. The molecule has 0 heterocycles. The van der Waals surface area contributed by atoms with Crippen LogP contribution in [0.3, 0.4) is 0 Å². The highest BCUT2D eigenvalue weighted by Gasteiger charge is 1.73. The van der Waals surface area contributed by atoms with Gasteiger partial charge in [-0.15, -0.1) is 6.58 Å². The van der Waals surface area contributed by atoms with Gasteiger partial charge in [0.25, 0.3) is 0 Å². The summed E-state index contributed by atoms with van der Waals surface area (Å²) in [5.41, 5.74) is 0. The average molecular weight is 154 g/mol. The van der Waals surface area contributed by atoms with Gasteiger partial charge in [-0.2, -0.15) is 0 Å². The largest absolute Gasteiger partial charge is 0.235 e. The van der Waals surface area contributed by atoms with Crippen molar-refractivity contribution >= 4 is 12.2 Å². The monoisotopic (exact) mass is 154 g/mol. The van der Waals surface area contributed by atoms with Crippen molar-refractivity contribution in [1.82, 2.24) is 0 Å². The topological polar surface area (TPSA) is 58.9 Å². The summed E-state index contributed by atoms with van der Waals surface area (Å²) in [5.74, 6) is 0. The maximum absolute atomic E-state index is 9.34. The maximum atomic E-state index is 9.34. The smallest absolute Gasteiger partial charge is 0.211 e. The highest BCUT2D eigenvalue weighted by Crippen LogP contribution is 1.66. The Morgan fingerprint density at radius 1 is 1.27 bits per heavy atom. The molecule has 60 valence electrons. The quantitative estimate of drug-likeness (QED) is 0.262. The molecule has 11 heavy (non-hydrogen) atoms. The molecule has 0 N–H and O–H groups in total. The molecule has 4 heteroatoms. The van der Waals surface area contributed by atoms with Crippen LogP contribution in [0.2, 0.25) is 0 Å². The van der Waals surface area contributed by atoms with Crippen LogP contribution in [-0.4, -0.2) is 25.2 Å². The van der Waals surface area contributed by atoms with Gasteiger partial charge < -0.3 is 0 Å². The Bertz CT molecular complexity index is 159. The van der Waals surface area contributed by atoms with Crippen molar-refractivity contribution in [1.29, 1.82) is 0 Å². The van der Waals surface area contributed by atoms with E-state index in [1.54, 1.807) is 6.08 Å². The minimum absolute atomic E-state index is 0.221. The van der Waals surface area contributed by atoms with Crippen LogP contribution in [0.4, 0.5) is 0 Å². The Balaban J connectivity index is 0. The van der Waals surface area contributed by atoms with Gasteiger partial charge in [0.1, 0.15) is 0 Å². The zero-order valence-corrected chi connectivity index (χ0v) is 6.41. The van der Waals surface area contributed by atoms with Crippen LogP contribution in [0.15, 0.2) is 22.6 Å². The second-order valence-electron chi connectivity index (χ2n) is 1.35. The van der Waals surface area contributed by atoms with Crippen LogP contribution in [0.5, 0.6) is 0 Å². The maximum Gasteiger partial charge on any atom is 0.235 e. The number of carbonyl (C=O) groups excluding carboxylic acids is 2. The molecule has 0 aromatic carbocycles. The first-order valence-corrected chi connectivity index (χ1v) is 2.97. The number of nitrogens with zero attached hydrogens (tertiary/aromatic N) is 2. The average Bonchev–Trinajstić information content (AvgIpc) is 2.00. The van der Waals surface area contributed by atoms with Gasteiger partial charge in [-0.3, -0.25) is 0 Å². The van der Waals surface area contributed by atoms with Gasteiger partial charge in [0, 0.05) is 0 Å². The van der Waals surface area contributed by atoms with Crippen LogP contribution in [0, 0.1) is 0 Å². The number of allylic oxidation sites excluding steroid dienone is 1. The van der Waals surface area contributed by atoms with Gasteiger partial charge >= 0.3 is 0 Å². The molecule has 0 saturated heterocycles. The van der Waals surface area contributed by atoms with E-state index in [1.165, 1.54) is 12.2 Å². The van der Waals surface area contributed by atoms with Gasteiger partial charge in [-0.05, 0) is 6.92 Å². The highest BCUT2D eigenvalue weighted by molar-refractivity contribution is 5.34. The van der Waals surface area contributed by atoms with E-state index in [2.05, 4.69) is 16.6 Å². The summed E-state index contributed by atoms with van der Waals surface area (Å²) < 4.78 is 0. The van der Waals surface area contributed by atoms with Crippen LogP contribution in [0.1, 0.15) is 6.92 Å². The molecule has 0 spiro atoms. The van der Waals surface area contributed by atoms with Gasteiger partial charge in [0.05, 0.1) is 13.1 Å². The van der Waals surface area contributed by atoms with Crippen LogP contribution in [-0.2, 0) is 9.59 Å². The fourth-order valence-electron chi connectivity index (χ4n) is 0.191. The molecule has 0 amide bonds. The normalized spacial score (nSPS) is 5.91. The van der Waals surface area contributed by atoms with Crippen molar-refractivity contribution in [3.63, 3.8) is 0 Å². The predicted molar refractivity (Wildman–Crippen MR) is 41.8 cm³/mol. The number of hydrogen-bond donors (Lipinski definition) is 0. The lowest BCUT2D eigenvalue weighted by molar-refractivity contribution is 0.560. The Morgan fingerprint density at radius 2 is 1.55 bits per heavy atom.